The first-order valence-electron chi connectivity index (χ1n) is 27.4. The van der Waals surface area contributed by atoms with E-state index in [0.29, 0.717) is 23.0 Å². The second-order valence-electron chi connectivity index (χ2n) is 20.2. The summed E-state index contributed by atoms with van der Waals surface area (Å²) in [7, 11) is -22.8. The van der Waals surface area contributed by atoms with Gasteiger partial charge < -0.3 is 23.5 Å². The number of hydrogen-bond acceptors (Lipinski definition) is 16. The van der Waals surface area contributed by atoms with Gasteiger partial charge in [-0.05, 0) is 205 Å². The van der Waals surface area contributed by atoms with Crippen LogP contribution in [0.1, 0.15) is 5.56 Å². The van der Waals surface area contributed by atoms with Crippen molar-refractivity contribution in [1.29, 1.82) is 0 Å². The molecule has 26 heteroatoms. The fourth-order valence-electron chi connectivity index (χ4n) is 9.22. The van der Waals surface area contributed by atoms with Gasteiger partial charge in [0.15, 0.2) is 7.14 Å². The van der Waals surface area contributed by atoms with Crippen LogP contribution in [0.2, 0.25) is 0 Å². The predicted octanol–water partition coefficient (Wildman–Crippen LogP) is 13.5. The van der Waals surface area contributed by atoms with Crippen molar-refractivity contribution in [3.8, 4) is 62.5 Å². The van der Waals surface area contributed by atoms with Gasteiger partial charge in [0.05, 0.1) is 31.6 Å². The highest BCUT2D eigenvalue weighted by atomic mass is 32.2. The minimum atomic E-state index is -4.98. The van der Waals surface area contributed by atoms with E-state index < -0.39 is 79.1 Å². The van der Waals surface area contributed by atoms with Gasteiger partial charge in [-0.25, -0.2) is 25.6 Å². The Balaban J connectivity index is 0.000000421. The van der Waals surface area contributed by atoms with E-state index in [-0.39, 0.29) is 47.0 Å². The van der Waals surface area contributed by atoms with E-state index in [2.05, 4.69) is 0 Å². The Labute approximate surface area is 541 Å². The number of rotatable bonds is 18. The molecule has 1 unspecified atom stereocenters. The van der Waals surface area contributed by atoms with Crippen molar-refractivity contribution < 1.29 is 87.7 Å². The predicted molar refractivity (Wildman–Crippen MR) is 347 cm³/mol. The second kappa shape index (κ2) is 28.9. The first kappa shape index (κ1) is 68.4. The number of methoxy groups -OCH3 is 1. The van der Waals surface area contributed by atoms with Crippen molar-refractivity contribution in [3.05, 3.63) is 278 Å². The zero-order valence-corrected chi connectivity index (χ0v) is 54.0. The van der Waals surface area contributed by atoms with Crippen LogP contribution >= 0.6 is 7.14 Å². The molecule has 0 saturated carbocycles. The van der Waals surface area contributed by atoms with Crippen LogP contribution in [0.15, 0.2) is 290 Å². The van der Waals surface area contributed by atoms with Gasteiger partial charge in [-0.1, -0.05) is 90.5 Å². The molecule has 94 heavy (non-hydrogen) atoms. The molecule has 0 spiro atoms. The Morgan fingerprint density at radius 3 is 1.03 bits per heavy atom. The van der Waals surface area contributed by atoms with E-state index in [1.54, 1.807) is 92.0 Å². The molecule has 11 rings (SSSR count). The third-order valence-corrected chi connectivity index (χ3v) is 22.3. The lowest BCUT2D eigenvalue weighted by molar-refractivity contribution is 0.415. The Hall–Kier alpha value is -9.95. The van der Waals surface area contributed by atoms with Gasteiger partial charge in [0, 0.05) is 15.9 Å². The zero-order chi connectivity index (χ0) is 67.6. The van der Waals surface area contributed by atoms with E-state index in [0.717, 1.165) is 76.0 Å². The zero-order valence-electron chi connectivity index (χ0n) is 49.0. The van der Waals surface area contributed by atoms with Crippen molar-refractivity contribution in [3.63, 3.8) is 0 Å². The molecule has 0 aliphatic carbocycles. The molecule has 18 nitrogen and oxygen atoms in total. The van der Waals surface area contributed by atoms with E-state index in [4.69, 9.17) is 31.6 Å². The monoisotopic (exact) mass is 1380 g/mol. The molecule has 0 fully saturated rings. The van der Waals surface area contributed by atoms with Gasteiger partial charge in [0.25, 0.3) is 20.2 Å². The van der Waals surface area contributed by atoms with E-state index in [1.807, 2.05) is 67.6 Å². The van der Waals surface area contributed by atoms with E-state index in [9.17, 15) is 51.6 Å². The number of ether oxygens (including phenoxy) is 4. The topological polar surface area (TPSA) is 282 Å². The summed E-state index contributed by atoms with van der Waals surface area (Å²) in [5.41, 5.74) is 4.44. The molecule has 0 amide bonds. The standard InChI is InChI=1S/C56H43O13PS3.C12H8F2O2S.O3S/c1-38-6-28-49(29-7-38)70(57,50-4-3-5-54(36-50)72(60,61)62)51-30-35-55(56(37-51)73(63,64)65)69-48-22-14-42(15-23-48)41-12-20-45(21-13-41)68-47-26-33-53(34-27-47)71(58,59)52-31-24-46(25-32-52)67-44-18-10-40(11-19-44)39-8-16-43(66-2)17-9-39;13-9-1-5-11(6-2-9)17(15,16)12-7-3-10(14)4-8-12;1-4(2)3/h3-37H,1-2H3,(H,60,61,62)(H,63,64,65);1-8H;. The molecule has 0 aliphatic heterocycles. The summed E-state index contributed by atoms with van der Waals surface area (Å²) in [6.07, 6.45) is 0. The van der Waals surface area contributed by atoms with E-state index in [1.165, 1.54) is 72.8 Å². The maximum Gasteiger partial charge on any atom is 0.425 e. The number of benzene rings is 11. The summed E-state index contributed by atoms with van der Waals surface area (Å²) in [4.78, 5) is -1.04. The van der Waals surface area contributed by atoms with Gasteiger partial charge in [-0.3, -0.25) is 9.11 Å². The van der Waals surface area contributed by atoms with Gasteiger partial charge in [-0.2, -0.15) is 16.8 Å². The normalized spacial score (nSPS) is 12.1. The Bertz CT molecular complexity index is 5120. The van der Waals surface area contributed by atoms with Crippen molar-refractivity contribution in [1.82, 2.24) is 0 Å². The molecule has 1 atom stereocenters. The molecule has 0 bridgehead atoms. The summed E-state index contributed by atoms with van der Waals surface area (Å²) in [6.45, 7) is 1.82. The Morgan fingerprint density at radius 1 is 0.362 bits per heavy atom. The number of sulfone groups is 2. The van der Waals surface area contributed by atoms with Gasteiger partial charge in [0.2, 0.25) is 19.7 Å². The molecule has 2 N–H and O–H groups in total. The Morgan fingerprint density at radius 2 is 0.681 bits per heavy atom. The lowest BCUT2D eigenvalue weighted by atomic mass is 10.1. The fourth-order valence-corrected chi connectivity index (χ4v) is 15.8. The van der Waals surface area contributed by atoms with Crippen LogP contribution in [0.3, 0.4) is 0 Å². The van der Waals surface area contributed by atoms with E-state index >= 15 is 4.57 Å². The maximum atomic E-state index is 15.2. The molecule has 0 aromatic heterocycles. The molecule has 480 valence electrons. The second-order valence-corrected chi connectivity index (χ2v) is 30.1. The lowest BCUT2D eigenvalue weighted by Crippen LogP contribution is -2.26. The molecule has 0 heterocycles. The number of aryl methyl sites for hydroxylation is 1. The fraction of sp³-hybridized carbons (Fsp3) is 0.0294. The molecule has 0 saturated heterocycles. The SMILES string of the molecule is COc1ccc(-c2ccc(Oc3ccc(S(=O)(=O)c4ccc(Oc5ccc(-c6ccc(Oc7ccc(P(=O)(c8ccc(C)cc8)c8cccc(S(=O)(=O)O)c8)cc7S(=O)(=O)O)cc6)cc5)cc4)cc3)cc2)cc1.O=S(=O)(c1ccc(F)cc1)c1ccc(F)cc1.O=S(=O)=O. The van der Waals surface area contributed by atoms with Crippen LogP contribution in [-0.2, 0) is 55.1 Å². The smallest absolute Gasteiger partial charge is 0.425 e. The highest BCUT2D eigenvalue weighted by molar-refractivity contribution is 7.92. The van der Waals surface area contributed by atoms with Crippen LogP contribution < -0.4 is 34.9 Å². The highest BCUT2D eigenvalue weighted by Crippen LogP contribution is 2.45. The number of halogens is 2. The molecular weight excluding hydrogens is 1330 g/mol. The molecular formula is C68H51F2O18PS5. The highest BCUT2D eigenvalue weighted by Gasteiger charge is 2.33. The third-order valence-electron chi connectivity index (χ3n) is 14.0. The first-order chi connectivity index (χ1) is 44.6. The van der Waals surface area contributed by atoms with Crippen molar-refractivity contribution >= 4 is 73.6 Å². The Kier molecular flexibility index (Phi) is 21.0. The van der Waals surface area contributed by atoms with Crippen molar-refractivity contribution in [2.45, 2.75) is 36.3 Å². The van der Waals surface area contributed by atoms with Crippen LogP contribution in [-0.4, -0.2) is 62.5 Å². The van der Waals surface area contributed by atoms with Crippen LogP contribution in [0.25, 0.3) is 22.3 Å². The summed E-state index contributed by atoms with van der Waals surface area (Å²) in [5.74, 6) is 1.68. The quantitative estimate of drug-likeness (QED) is 0.0458. The molecule has 11 aromatic rings. The van der Waals surface area contributed by atoms with Crippen LogP contribution in [0.4, 0.5) is 8.78 Å². The maximum absolute atomic E-state index is 15.2. The van der Waals surface area contributed by atoms with Crippen molar-refractivity contribution in [2.75, 3.05) is 7.11 Å². The van der Waals surface area contributed by atoms with Gasteiger partial charge in [-0.15, -0.1) is 12.6 Å². The molecule has 11 aromatic carbocycles. The minimum absolute atomic E-state index is 0.00459. The summed E-state index contributed by atoms with van der Waals surface area (Å²) < 4.78 is 210. The number of hydrogen-bond donors (Lipinski definition) is 2. The summed E-state index contributed by atoms with van der Waals surface area (Å²) >= 11 is 0. The van der Waals surface area contributed by atoms with Gasteiger partial charge >= 0.3 is 10.6 Å². The van der Waals surface area contributed by atoms with Gasteiger partial charge in [0.1, 0.15) is 56.8 Å². The first-order valence-corrected chi connectivity index (χ1v) is 36.0. The summed E-state index contributed by atoms with van der Waals surface area (Å²) in [5, 5.41) is 0.190. The average molecular weight is 1390 g/mol. The van der Waals surface area contributed by atoms with Crippen LogP contribution in [0, 0.1) is 18.6 Å². The average Bonchev–Trinajstić information content (AvgIpc) is 0.752. The van der Waals surface area contributed by atoms with Crippen molar-refractivity contribution in [2.24, 2.45) is 0 Å². The van der Waals surface area contributed by atoms with Crippen LogP contribution in [0.5, 0.6) is 40.2 Å². The lowest BCUT2D eigenvalue weighted by Gasteiger charge is -2.22. The molecule has 0 radical (unpaired) electrons. The minimum Gasteiger partial charge on any atom is -0.497 e. The largest absolute Gasteiger partial charge is 0.497 e. The molecule has 0 aliphatic rings. The third kappa shape index (κ3) is 16.8. The summed E-state index contributed by atoms with van der Waals surface area (Å²) in [6, 6.07) is 65.5.